The van der Waals surface area contributed by atoms with Gasteiger partial charge in [-0.15, -0.1) is 0 Å². The van der Waals surface area contributed by atoms with Crippen molar-refractivity contribution in [2.75, 3.05) is 5.32 Å². The zero-order chi connectivity index (χ0) is 15.6. The molecular weight excluding hydrogens is 275 g/mol. The second-order valence-corrected chi connectivity index (χ2v) is 4.67. The Kier molecular flexibility index (Phi) is 3.98. The van der Waals surface area contributed by atoms with Crippen LogP contribution >= 0.6 is 0 Å². The summed E-state index contributed by atoms with van der Waals surface area (Å²) in [6.07, 6.45) is 0. The SMILES string of the molecule is Cc1cc([N+](=O)[O-])cc(C)c1NC(=O)c1ccc(F)cc1. The first-order chi connectivity index (χ1) is 9.88. The van der Waals surface area contributed by atoms with Crippen LogP contribution < -0.4 is 5.32 Å². The van der Waals surface area contributed by atoms with Crippen LogP contribution in [0.2, 0.25) is 0 Å². The summed E-state index contributed by atoms with van der Waals surface area (Å²) >= 11 is 0. The van der Waals surface area contributed by atoms with Crippen LogP contribution in [-0.4, -0.2) is 10.8 Å². The molecule has 5 nitrogen and oxygen atoms in total. The molecule has 0 unspecified atom stereocenters. The fourth-order valence-electron chi connectivity index (χ4n) is 2.03. The molecule has 0 aliphatic carbocycles. The molecule has 0 saturated carbocycles. The van der Waals surface area contributed by atoms with Crippen LogP contribution in [0.4, 0.5) is 15.8 Å². The number of amides is 1. The zero-order valence-electron chi connectivity index (χ0n) is 11.5. The largest absolute Gasteiger partial charge is 0.321 e. The van der Waals surface area contributed by atoms with Crippen LogP contribution in [0.25, 0.3) is 0 Å². The van der Waals surface area contributed by atoms with Gasteiger partial charge in [0.15, 0.2) is 0 Å². The number of benzene rings is 2. The lowest BCUT2D eigenvalue weighted by Gasteiger charge is -2.11. The number of hydrogen-bond acceptors (Lipinski definition) is 3. The number of halogens is 1. The number of non-ortho nitro benzene ring substituents is 1. The average Bonchev–Trinajstić information content (AvgIpc) is 2.43. The van der Waals surface area contributed by atoms with Crippen molar-refractivity contribution >= 4 is 17.3 Å². The first-order valence-corrected chi connectivity index (χ1v) is 6.21. The van der Waals surface area contributed by atoms with E-state index in [0.717, 1.165) is 0 Å². The fraction of sp³-hybridized carbons (Fsp3) is 0.133. The first kappa shape index (κ1) is 14.6. The van der Waals surface area contributed by atoms with E-state index in [9.17, 15) is 19.3 Å². The molecule has 0 fully saturated rings. The van der Waals surface area contributed by atoms with Crippen molar-refractivity contribution in [1.82, 2.24) is 0 Å². The van der Waals surface area contributed by atoms with Gasteiger partial charge in [0.05, 0.1) is 4.92 Å². The van der Waals surface area contributed by atoms with E-state index >= 15 is 0 Å². The van der Waals surface area contributed by atoms with Crippen molar-refractivity contribution < 1.29 is 14.1 Å². The van der Waals surface area contributed by atoms with Gasteiger partial charge in [0.1, 0.15) is 5.82 Å². The molecule has 0 aromatic heterocycles. The molecule has 2 aromatic rings. The van der Waals surface area contributed by atoms with Gasteiger partial charge >= 0.3 is 0 Å². The van der Waals surface area contributed by atoms with Gasteiger partial charge in [-0.05, 0) is 49.2 Å². The lowest BCUT2D eigenvalue weighted by atomic mass is 10.1. The Morgan fingerprint density at radius 3 is 2.14 bits per heavy atom. The number of carbonyl (C=O) groups excluding carboxylic acids is 1. The van der Waals surface area contributed by atoms with Gasteiger partial charge < -0.3 is 5.32 Å². The van der Waals surface area contributed by atoms with Gasteiger partial charge in [-0.1, -0.05) is 0 Å². The molecule has 21 heavy (non-hydrogen) atoms. The molecular formula is C15H13FN2O3. The maximum atomic E-state index is 12.8. The number of anilines is 1. The summed E-state index contributed by atoms with van der Waals surface area (Å²) in [6.45, 7) is 3.36. The van der Waals surface area contributed by atoms with Crippen LogP contribution in [0.15, 0.2) is 36.4 Å². The number of nitrogens with one attached hydrogen (secondary N) is 1. The summed E-state index contributed by atoms with van der Waals surface area (Å²) in [7, 11) is 0. The van der Waals surface area contributed by atoms with Crippen molar-refractivity contribution in [3.63, 3.8) is 0 Å². The van der Waals surface area contributed by atoms with Crippen LogP contribution in [0.1, 0.15) is 21.5 Å². The third kappa shape index (κ3) is 3.22. The average molecular weight is 288 g/mol. The van der Waals surface area contributed by atoms with Crippen molar-refractivity contribution in [2.24, 2.45) is 0 Å². The molecule has 0 atom stereocenters. The lowest BCUT2D eigenvalue weighted by molar-refractivity contribution is -0.384. The fourth-order valence-corrected chi connectivity index (χ4v) is 2.03. The third-order valence-corrected chi connectivity index (χ3v) is 3.07. The first-order valence-electron chi connectivity index (χ1n) is 6.21. The van der Waals surface area contributed by atoms with E-state index in [1.54, 1.807) is 13.8 Å². The molecule has 0 saturated heterocycles. The predicted octanol–water partition coefficient (Wildman–Crippen LogP) is 3.60. The summed E-state index contributed by atoms with van der Waals surface area (Å²) in [5, 5.41) is 13.5. The molecule has 1 amide bonds. The Hall–Kier alpha value is -2.76. The highest BCUT2D eigenvalue weighted by Crippen LogP contribution is 2.26. The summed E-state index contributed by atoms with van der Waals surface area (Å²) in [5.74, 6) is -0.815. The number of aryl methyl sites for hydroxylation is 2. The predicted molar refractivity (Wildman–Crippen MR) is 76.9 cm³/mol. The molecule has 6 heteroatoms. The van der Waals surface area contributed by atoms with E-state index in [1.807, 2.05) is 0 Å². The molecule has 0 bridgehead atoms. The highest BCUT2D eigenvalue weighted by Gasteiger charge is 2.14. The molecule has 1 N–H and O–H groups in total. The van der Waals surface area contributed by atoms with E-state index in [0.29, 0.717) is 22.4 Å². The summed E-state index contributed by atoms with van der Waals surface area (Å²) in [6, 6.07) is 7.94. The lowest BCUT2D eigenvalue weighted by Crippen LogP contribution is -2.14. The van der Waals surface area contributed by atoms with Crippen molar-refractivity contribution in [3.05, 3.63) is 69.0 Å². The van der Waals surface area contributed by atoms with Crippen molar-refractivity contribution in [3.8, 4) is 0 Å². The van der Waals surface area contributed by atoms with Gasteiger partial charge in [0.2, 0.25) is 0 Å². The number of nitro benzene ring substituents is 1. The minimum atomic E-state index is -0.481. The number of carbonyl (C=O) groups is 1. The van der Waals surface area contributed by atoms with Crippen LogP contribution in [0.3, 0.4) is 0 Å². The van der Waals surface area contributed by atoms with E-state index in [4.69, 9.17) is 0 Å². The summed E-state index contributed by atoms with van der Waals surface area (Å²) < 4.78 is 12.8. The maximum Gasteiger partial charge on any atom is 0.270 e. The molecule has 0 aliphatic rings. The minimum Gasteiger partial charge on any atom is -0.321 e. The van der Waals surface area contributed by atoms with Crippen molar-refractivity contribution in [1.29, 1.82) is 0 Å². The van der Waals surface area contributed by atoms with Gasteiger partial charge in [-0.25, -0.2) is 4.39 Å². The Morgan fingerprint density at radius 1 is 1.14 bits per heavy atom. The Labute approximate surface area is 120 Å². The summed E-state index contributed by atoms with van der Waals surface area (Å²) in [5.41, 5.74) is 2.00. The second kappa shape index (κ2) is 5.70. The van der Waals surface area contributed by atoms with Gasteiger partial charge in [-0.2, -0.15) is 0 Å². The topological polar surface area (TPSA) is 72.2 Å². The van der Waals surface area contributed by atoms with Crippen LogP contribution in [-0.2, 0) is 0 Å². The van der Waals surface area contributed by atoms with E-state index in [1.165, 1.54) is 36.4 Å². The van der Waals surface area contributed by atoms with Gasteiger partial charge in [-0.3, -0.25) is 14.9 Å². The van der Waals surface area contributed by atoms with Gasteiger partial charge in [0, 0.05) is 23.4 Å². The van der Waals surface area contributed by atoms with E-state index in [-0.39, 0.29) is 5.69 Å². The second-order valence-electron chi connectivity index (χ2n) is 4.67. The van der Waals surface area contributed by atoms with E-state index < -0.39 is 16.6 Å². The molecule has 0 aliphatic heterocycles. The third-order valence-electron chi connectivity index (χ3n) is 3.07. The quantitative estimate of drug-likeness (QED) is 0.692. The number of rotatable bonds is 3. The monoisotopic (exact) mass is 288 g/mol. The van der Waals surface area contributed by atoms with Crippen LogP contribution in [0, 0.1) is 29.8 Å². The van der Waals surface area contributed by atoms with E-state index in [2.05, 4.69) is 5.32 Å². The van der Waals surface area contributed by atoms with Gasteiger partial charge in [0.25, 0.3) is 11.6 Å². The Balaban J connectivity index is 2.29. The van der Waals surface area contributed by atoms with Crippen molar-refractivity contribution in [2.45, 2.75) is 13.8 Å². The highest BCUT2D eigenvalue weighted by atomic mass is 19.1. The minimum absolute atomic E-state index is 0.0234. The Morgan fingerprint density at radius 2 is 1.67 bits per heavy atom. The number of nitrogens with zero attached hydrogens (tertiary/aromatic N) is 1. The molecule has 0 radical (unpaired) electrons. The highest BCUT2D eigenvalue weighted by molar-refractivity contribution is 6.05. The summed E-state index contributed by atoms with van der Waals surface area (Å²) in [4.78, 5) is 22.4. The zero-order valence-corrected chi connectivity index (χ0v) is 11.5. The van der Waals surface area contributed by atoms with Crippen LogP contribution in [0.5, 0.6) is 0 Å². The standard InChI is InChI=1S/C15H13FN2O3/c1-9-7-13(18(20)21)8-10(2)14(9)17-15(19)11-3-5-12(16)6-4-11/h3-8H,1-2H3,(H,17,19). The molecule has 2 rings (SSSR count). The smallest absolute Gasteiger partial charge is 0.270 e. The normalized spacial score (nSPS) is 10.2. The molecule has 0 heterocycles. The Bertz CT molecular complexity index is 688. The molecule has 108 valence electrons. The molecule has 2 aromatic carbocycles. The number of nitro groups is 1. The molecule has 0 spiro atoms. The number of hydrogen-bond donors (Lipinski definition) is 1. The maximum absolute atomic E-state index is 12.8.